The zero-order valence-corrected chi connectivity index (χ0v) is 14.4. The van der Waals surface area contributed by atoms with Crippen molar-refractivity contribution in [2.45, 2.75) is 0 Å². The Hall–Kier alpha value is -2.42. The highest BCUT2D eigenvalue weighted by Crippen LogP contribution is 2.48. The molecular weight excluding hydrogens is 328 g/mol. The van der Waals surface area contributed by atoms with Gasteiger partial charge in [-0.05, 0) is 17.5 Å². The van der Waals surface area contributed by atoms with Crippen LogP contribution in [0.5, 0.6) is 0 Å². The molecular formula is C22H12S2. The van der Waals surface area contributed by atoms with Gasteiger partial charge in [0, 0.05) is 45.7 Å². The molecule has 0 aliphatic rings. The van der Waals surface area contributed by atoms with Crippen molar-refractivity contribution in [2.75, 3.05) is 0 Å². The van der Waals surface area contributed by atoms with E-state index in [9.17, 15) is 0 Å². The minimum atomic E-state index is 1.38. The average molecular weight is 340 g/mol. The van der Waals surface area contributed by atoms with Crippen LogP contribution in [0.4, 0.5) is 0 Å². The summed E-state index contributed by atoms with van der Waals surface area (Å²) in [5, 5.41) is 8.38. The van der Waals surface area contributed by atoms with E-state index in [1.54, 1.807) is 0 Å². The van der Waals surface area contributed by atoms with Crippen LogP contribution in [0, 0.1) is 0 Å². The predicted octanol–water partition coefficient (Wildman–Crippen LogP) is 7.58. The normalized spacial score (nSPS) is 12.2. The smallest absolute Gasteiger partial charge is 0.0455 e. The topological polar surface area (TPSA) is 0 Å². The second kappa shape index (κ2) is 4.56. The first kappa shape index (κ1) is 12.9. The number of fused-ring (bicyclic) bond motifs is 10. The summed E-state index contributed by atoms with van der Waals surface area (Å²) in [4.78, 5) is 0. The first-order valence-corrected chi connectivity index (χ1v) is 9.68. The molecule has 6 aromatic rings. The van der Waals surface area contributed by atoms with Crippen LogP contribution in [0.2, 0.25) is 0 Å². The van der Waals surface area contributed by atoms with E-state index in [0.717, 1.165) is 0 Å². The summed E-state index contributed by atoms with van der Waals surface area (Å²) in [5.74, 6) is 0. The van der Waals surface area contributed by atoms with Gasteiger partial charge in [-0.1, -0.05) is 60.7 Å². The molecule has 0 nitrogen and oxygen atoms in total. The standard InChI is InChI=1S/C22H12S2/c1-2-8-14-13(7-1)19-15-9-3-5-11-17(15)24-22(19)20-16-10-4-6-12-18(16)23-21(14)20/h1-12H. The van der Waals surface area contributed by atoms with E-state index in [4.69, 9.17) is 0 Å². The van der Waals surface area contributed by atoms with E-state index < -0.39 is 0 Å². The third-order valence-corrected chi connectivity index (χ3v) is 7.25. The first-order valence-electron chi connectivity index (χ1n) is 8.05. The van der Waals surface area contributed by atoms with Crippen molar-refractivity contribution >= 4 is 73.8 Å². The molecule has 24 heavy (non-hydrogen) atoms. The van der Waals surface area contributed by atoms with Gasteiger partial charge in [0.2, 0.25) is 0 Å². The lowest BCUT2D eigenvalue weighted by Gasteiger charge is -2.03. The molecule has 0 spiro atoms. The zero-order valence-electron chi connectivity index (χ0n) is 12.7. The Balaban J connectivity index is 2.08. The highest BCUT2D eigenvalue weighted by molar-refractivity contribution is 7.30. The highest BCUT2D eigenvalue weighted by Gasteiger charge is 2.17. The van der Waals surface area contributed by atoms with Gasteiger partial charge in [-0.15, -0.1) is 22.7 Å². The molecule has 0 saturated heterocycles. The van der Waals surface area contributed by atoms with Crippen molar-refractivity contribution in [3.05, 3.63) is 72.8 Å². The maximum absolute atomic E-state index is 2.28. The van der Waals surface area contributed by atoms with Gasteiger partial charge >= 0.3 is 0 Å². The summed E-state index contributed by atoms with van der Waals surface area (Å²) in [6.07, 6.45) is 0. The van der Waals surface area contributed by atoms with E-state index in [1.807, 2.05) is 22.7 Å². The summed E-state index contributed by atoms with van der Waals surface area (Å²) in [7, 11) is 0. The maximum Gasteiger partial charge on any atom is 0.0455 e. The van der Waals surface area contributed by atoms with Gasteiger partial charge in [0.05, 0.1) is 0 Å². The summed E-state index contributed by atoms with van der Waals surface area (Å²) < 4.78 is 5.61. The van der Waals surface area contributed by atoms with E-state index in [-0.39, 0.29) is 0 Å². The minimum absolute atomic E-state index is 1.38. The summed E-state index contributed by atoms with van der Waals surface area (Å²) >= 11 is 3.85. The fourth-order valence-corrected chi connectivity index (χ4v) is 6.44. The van der Waals surface area contributed by atoms with Crippen molar-refractivity contribution in [1.82, 2.24) is 0 Å². The van der Waals surface area contributed by atoms with Gasteiger partial charge in [-0.3, -0.25) is 0 Å². The molecule has 0 amide bonds. The molecule has 0 aliphatic heterocycles. The Morgan fingerprint density at radius 2 is 0.917 bits per heavy atom. The van der Waals surface area contributed by atoms with Crippen molar-refractivity contribution in [1.29, 1.82) is 0 Å². The highest BCUT2D eigenvalue weighted by atomic mass is 32.1. The molecule has 112 valence electrons. The van der Waals surface area contributed by atoms with Crippen LogP contribution in [-0.2, 0) is 0 Å². The Bertz CT molecular complexity index is 1400. The van der Waals surface area contributed by atoms with Crippen LogP contribution in [0.1, 0.15) is 0 Å². The monoisotopic (exact) mass is 340 g/mol. The molecule has 2 aromatic heterocycles. The molecule has 0 bridgehead atoms. The van der Waals surface area contributed by atoms with Crippen LogP contribution < -0.4 is 0 Å². The number of hydrogen-bond donors (Lipinski definition) is 0. The van der Waals surface area contributed by atoms with Gasteiger partial charge in [0.15, 0.2) is 0 Å². The molecule has 0 fully saturated rings. The zero-order chi connectivity index (χ0) is 15.7. The van der Waals surface area contributed by atoms with E-state index in [2.05, 4.69) is 72.8 Å². The third kappa shape index (κ3) is 1.52. The second-order valence-corrected chi connectivity index (χ2v) is 8.25. The lowest BCUT2D eigenvalue weighted by Crippen LogP contribution is -1.76. The average Bonchev–Trinajstić information content (AvgIpc) is 3.20. The fourth-order valence-electron chi connectivity index (χ4n) is 3.85. The van der Waals surface area contributed by atoms with E-state index in [0.29, 0.717) is 0 Å². The van der Waals surface area contributed by atoms with E-state index >= 15 is 0 Å². The Labute approximate surface area is 146 Å². The quantitative estimate of drug-likeness (QED) is 0.267. The van der Waals surface area contributed by atoms with Gasteiger partial charge in [0.25, 0.3) is 0 Å². The SMILES string of the molecule is c1ccc2c(c1)sc1c2c2ccccc2c2sc3ccccc3c21. The Morgan fingerprint density at radius 1 is 0.417 bits per heavy atom. The molecule has 0 unspecified atom stereocenters. The van der Waals surface area contributed by atoms with Gasteiger partial charge in [-0.2, -0.15) is 0 Å². The lowest BCUT2D eigenvalue weighted by molar-refractivity contribution is 1.84. The Kier molecular flexibility index (Phi) is 2.46. The van der Waals surface area contributed by atoms with Gasteiger partial charge < -0.3 is 0 Å². The molecule has 0 aliphatic carbocycles. The first-order chi connectivity index (χ1) is 11.9. The van der Waals surface area contributed by atoms with Gasteiger partial charge in [-0.25, -0.2) is 0 Å². The number of hydrogen-bond acceptors (Lipinski definition) is 2. The third-order valence-electron chi connectivity index (χ3n) is 4.86. The Morgan fingerprint density at radius 3 is 1.62 bits per heavy atom. The minimum Gasteiger partial charge on any atom is -0.134 e. The fraction of sp³-hybridized carbons (Fsp3) is 0. The number of thiophene rings is 2. The second-order valence-electron chi connectivity index (χ2n) is 6.15. The molecule has 6 rings (SSSR count). The van der Waals surface area contributed by atoms with Crippen LogP contribution in [-0.4, -0.2) is 0 Å². The largest absolute Gasteiger partial charge is 0.134 e. The van der Waals surface area contributed by atoms with Gasteiger partial charge in [0.1, 0.15) is 0 Å². The summed E-state index contributed by atoms with van der Waals surface area (Å²) in [6, 6.07) is 26.5. The summed E-state index contributed by atoms with van der Waals surface area (Å²) in [5.41, 5.74) is 0. The molecule has 0 radical (unpaired) electrons. The van der Waals surface area contributed by atoms with Crippen molar-refractivity contribution in [3.63, 3.8) is 0 Å². The molecule has 2 heteroatoms. The van der Waals surface area contributed by atoms with Crippen molar-refractivity contribution in [2.24, 2.45) is 0 Å². The van der Waals surface area contributed by atoms with Crippen molar-refractivity contribution < 1.29 is 0 Å². The molecule has 0 atom stereocenters. The predicted molar refractivity (Wildman–Crippen MR) is 110 cm³/mol. The lowest BCUT2D eigenvalue weighted by atomic mass is 10.0. The molecule has 0 N–H and O–H groups in total. The molecule has 2 heterocycles. The van der Waals surface area contributed by atoms with E-state index in [1.165, 1.54) is 51.1 Å². The number of rotatable bonds is 0. The molecule has 0 saturated carbocycles. The van der Waals surface area contributed by atoms with Crippen LogP contribution >= 0.6 is 22.7 Å². The summed E-state index contributed by atoms with van der Waals surface area (Å²) in [6.45, 7) is 0. The van der Waals surface area contributed by atoms with Crippen LogP contribution in [0.25, 0.3) is 51.1 Å². The van der Waals surface area contributed by atoms with Crippen molar-refractivity contribution in [3.8, 4) is 0 Å². The molecule has 4 aromatic carbocycles. The number of benzene rings is 4. The maximum atomic E-state index is 2.28. The van der Waals surface area contributed by atoms with Crippen LogP contribution in [0.3, 0.4) is 0 Å². The van der Waals surface area contributed by atoms with Crippen LogP contribution in [0.15, 0.2) is 72.8 Å².